The van der Waals surface area contributed by atoms with Gasteiger partial charge in [0.05, 0.1) is 14.2 Å². The fourth-order valence-electron chi connectivity index (χ4n) is 6.09. The van der Waals surface area contributed by atoms with Crippen LogP contribution in [0, 0.1) is 5.92 Å². The smallest absolute Gasteiger partial charge is 0.118 e. The number of benzene rings is 3. The summed E-state index contributed by atoms with van der Waals surface area (Å²) < 4.78 is 10.6. The largest absolute Gasteiger partial charge is 0.497 e. The molecule has 1 N–H and O–H groups in total. The Hall–Kier alpha value is -1.87. The molecule has 2 atom stereocenters. The average Bonchev–Trinajstić information content (AvgIpc) is 3.07. The molecule has 5 nitrogen and oxygen atoms in total. The predicted octanol–water partition coefficient (Wildman–Crippen LogP) is 7.93. The van der Waals surface area contributed by atoms with E-state index in [-0.39, 0.29) is 0 Å². The van der Waals surface area contributed by atoms with Crippen molar-refractivity contribution >= 4 is 35.1 Å². The van der Waals surface area contributed by atoms with Gasteiger partial charge < -0.3 is 24.6 Å². The molecule has 0 bridgehead atoms. The van der Waals surface area contributed by atoms with Crippen molar-refractivity contribution < 1.29 is 9.47 Å². The molecular formula is C37H52ClN3O2S2. The van der Waals surface area contributed by atoms with Crippen molar-refractivity contribution in [2.45, 2.75) is 36.7 Å². The van der Waals surface area contributed by atoms with Gasteiger partial charge >= 0.3 is 0 Å². The fraction of sp³-hybridized carbons (Fsp3) is 0.514. The maximum Gasteiger partial charge on any atom is 0.118 e. The number of halogens is 1. The molecule has 0 amide bonds. The molecule has 1 aliphatic heterocycles. The minimum absolute atomic E-state index is 0.629. The number of piperidine rings is 1. The van der Waals surface area contributed by atoms with Gasteiger partial charge in [-0.1, -0.05) is 48.0 Å². The Morgan fingerprint density at radius 1 is 0.800 bits per heavy atom. The van der Waals surface area contributed by atoms with Crippen molar-refractivity contribution in [3.05, 3.63) is 94.5 Å². The van der Waals surface area contributed by atoms with E-state index in [0.29, 0.717) is 11.8 Å². The van der Waals surface area contributed by atoms with E-state index in [9.17, 15) is 0 Å². The third kappa shape index (κ3) is 13.0. The molecule has 0 spiro atoms. The molecular weight excluding hydrogens is 618 g/mol. The zero-order valence-corrected chi connectivity index (χ0v) is 29.8. The first-order chi connectivity index (χ1) is 22.0. The maximum absolute atomic E-state index is 6.21. The molecule has 45 heavy (non-hydrogen) atoms. The van der Waals surface area contributed by atoms with Crippen LogP contribution in [-0.2, 0) is 11.5 Å². The molecule has 1 aliphatic rings. The van der Waals surface area contributed by atoms with Crippen LogP contribution in [0.5, 0.6) is 11.5 Å². The summed E-state index contributed by atoms with van der Waals surface area (Å²) in [4.78, 5) is 5.20. The number of ether oxygens (including phenoxy) is 2. The number of nitrogens with one attached hydrogen (secondary N) is 1. The molecule has 246 valence electrons. The number of thioether (sulfide) groups is 2. The lowest BCUT2D eigenvalue weighted by Gasteiger charge is -2.37. The maximum atomic E-state index is 6.21. The van der Waals surface area contributed by atoms with Gasteiger partial charge in [-0.2, -0.15) is 23.5 Å². The van der Waals surface area contributed by atoms with Gasteiger partial charge in [-0.15, -0.1) is 0 Å². The van der Waals surface area contributed by atoms with Crippen molar-refractivity contribution in [1.82, 2.24) is 15.1 Å². The van der Waals surface area contributed by atoms with Crippen LogP contribution in [0.2, 0.25) is 5.02 Å². The summed E-state index contributed by atoms with van der Waals surface area (Å²) in [5.41, 5.74) is 4.16. The Kier molecular flexibility index (Phi) is 16.3. The lowest BCUT2D eigenvalue weighted by molar-refractivity contribution is 0.167. The molecule has 0 radical (unpaired) electrons. The molecule has 3 aromatic carbocycles. The molecule has 4 rings (SSSR count). The predicted molar refractivity (Wildman–Crippen MR) is 197 cm³/mol. The fourth-order valence-corrected chi connectivity index (χ4v) is 8.04. The molecule has 0 saturated carbocycles. The van der Waals surface area contributed by atoms with Crippen LogP contribution >= 0.6 is 35.1 Å². The summed E-state index contributed by atoms with van der Waals surface area (Å²) in [6, 6.07) is 25.5. The number of methoxy groups -OCH3 is 2. The van der Waals surface area contributed by atoms with Gasteiger partial charge in [-0.25, -0.2) is 0 Å². The lowest BCUT2D eigenvalue weighted by Crippen LogP contribution is -2.38. The monoisotopic (exact) mass is 669 g/mol. The van der Waals surface area contributed by atoms with Gasteiger partial charge in [0.1, 0.15) is 11.5 Å². The Bertz CT molecular complexity index is 1210. The van der Waals surface area contributed by atoms with Gasteiger partial charge in [0, 0.05) is 60.8 Å². The molecule has 1 fully saturated rings. The Balaban J connectivity index is 1.21. The van der Waals surface area contributed by atoms with Crippen LogP contribution in [0.15, 0.2) is 72.8 Å². The van der Waals surface area contributed by atoms with Crippen molar-refractivity contribution in [1.29, 1.82) is 0 Å². The quantitative estimate of drug-likeness (QED) is 0.123. The van der Waals surface area contributed by atoms with E-state index in [1.807, 2.05) is 35.7 Å². The van der Waals surface area contributed by atoms with Crippen molar-refractivity contribution in [2.24, 2.45) is 5.92 Å². The summed E-state index contributed by atoms with van der Waals surface area (Å²) in [5, 5.41) is 4.53. The van der Waals surface area contributed by atoms with Gasteiger partial charge in [-0.3, -0.25) is 0 Å². The number of likely N-dealkylation sites (tertiary alicyclic amines) is 1. The first kappa shape index (κ1) is 36.0. The molecule has 1 heterocycles. The third-order valence-electron chi connectivity index (χ3n) is 8.72. The minimum Gasteiger partial charge on any atom is -0.497 e. The minimum atomic E-state index is 0.629. The van der Waals surface area contributed by atoms with Crippen LogP contribution in [0.4, 0.5) is 0 Å². The third-order valence-corrected chi connectivity index (χ3v) is 11.0. The van der Waals surface area contributed by atoms with E-state index in [4.69, 9.17) is 21.1 Å². The number of hydrogen-bond acceptors (Lipinski definition) is 7. The van der Waals surface area contributed by atoms with E-state index in [1.54, 1.807) is 14.2 Å². The first-order valence-corrected chi connectivity index (χ1v) is 19.0. The van der Waals surface area contributed by atoms with Crippen LogP contribution in [0.3, 0.4) is 0 Å². The zero-order valence-electron chi connectivity index (χ0n) is 27.4. The van der Waals surface area contributed by atoms with E-state index >= 15 is 0 Å². The number of rotatable bonds is 20. The lowest BCUT2D eigenvalue weighted by atomic mass is 9.78. The Morgan fingerprint density at radius 3 is 2.04 bits per heavy atom. The van der Waals surface area contributed by atoms with Crippen molar-refractivity contribution in [2.75, 3.05) is 78.6 Å². The van der Waals surface area contributed by atoms with E-state index in [2.05, 4.69) is 82.8 Å². The van der Waals surface area contributed by atoms with Gasteiger partial charge in [0.25, 0.3) is 0 Å². The number of nitrogens with zero attached hydrogens (tertiary/aromatic N) is 2. The van der Waals surface area contributed by atoms with E-state index in [0.717, 1.165) is 72.3 Å². The van der Waals surface area contributed by atoms with E-state index < -0.39 is 0 Å². The van der Waals surface area contributed by atoms with Gasteiger partial charge in [-0.05, 0) is 104 Å². The molecule has 1 saturated heterocycles. The van der Waals surface area contributed by atoms with Crippen LogP contribution in [0.25, 0.3) is 0 Å². The highest BCUT2D eigenvalue weighted by molar-refractivity contribution is 7.98. The highest BCUT2D eigenvalue weighted by atomic mass is 35.5. The summed E-state index contributed by atoms with van der Waals surface area (Å²) in [5.74, 6) is 7.50. The topological polar surface area (TPSA) is 37.0 Å². The number of hydrogen-bond donors (Lipinski definition) is 1. The van der Waals surface area contributed by atoms with Gasteiger partial charge in [0.15, 0.2) is 0 Å². The second kappa shape index (κ2) is 20.4. The summed E-state index contributed by atoms with van der Waals surface area (Å²) >= 11 is 10.2. The van der Waals surface area contributed by atoms with E-state index in [1.165, 1.54) is 49.0 Å². The second-order valence-electron chi connectivity index (χ2n) is 12.0. The summed E-state index contributed by atoms with van der Waals surface area (Å²) in [6.45, 7) is 7.80. The van der Waals surface area contributed by atoms with Crippen LogP contribution < -0.4 is 14.8 Å². The second-order valence-corrected chi connectivity index (χ2v) is 14.7. The molecule has 0 unspecified atom stereocenters. The Labute approximate surface area is 285 Å². The average molecular weight is 670 g/mol. The molecule has 0 aromatic heterocycles. The SMILES string of the molecule is COc1ccc(CSCCNCCN(CCC[C@@H]2CN(C)CC[C@@H]2c2ccc(Cl)cc2)CCSCc2ccc(OC)cc2)cc1. The molecule has 0 aliphatic carbocycles. The molecule has 3 aromatic rings. The van der Waals surface area contributed by atoms with Crippen LogP contribution in [0.1, 0.15) is 41.9 Å². The first-order valence-electron chi connectivity index (χ1n) is 16.3. The summed E-state index contributed by atoms with van der Waals surface area (Å²) in [6.07, 6.45) is 3.74. The highest BCUT2D eigenvalue weighted by Gasteiger charge is 2.28. The zero-order chi connectivity index (χ0) is 31.7. The Morgan fingerprint density at radius 2 is 1.42 bits per heavy atom. The highest BCUT2D eigenvalue weighted by Crippen LogP contribution is 2.36. The normalized spacial score (nSPS) is 17.1. The van der Waals surface area contributed by atoms with Crippen molar-refractivity contribution in [3.8, 4) is 11.5 Å². The molecule has 8 heteroatoms. The summed E-state index contributed by atoms with van der Waals surface area (Å²) in [7, 11) is 5.71. The standard InChI is InChI=1S/C37H52ClN3O2S2/c1-40-22-18-37(32-10-12-34(38)13-11-32)33(27-40)5-4-21-41(24-26-45-29-31-8-16-36(43-3)17-9-31)23-19-39-20-25-44-28-30-6-14-35(42-2)15-7-30/h6-17,33,37,39H,4-5,18-29H2,1-3H3/t33-,37-/m1/s1. The van der Waals surface area contributed by atoms with Crippen LogP contribution in [-0.4, -0.2) is 88.4 Å². The van der Waals surface area contributed by atoms with Gasteiger partial charge in [0.2, 0.25) is 0 Å². The van der Waals surface area contributed by atoms with Crippen molar-refractivity contribution in [3.63, 3.8) is 0 Å².